The van der Waals surface area contributed by atoms with Gasteiger partial charge in [0.15, 0.2) is 11.6 Å². The monoisotopic (exact) mass is 736 g/mol. The number of Topliss-reactive ketones (excluding diaryl/α,β-unsaturated/α-hetero) is 1. The maximum atomic E-state index is 14.3. The molecule has 7 rings (SSSR count). The zero-order valence-electron chi connectivity index (χ0n) is 34.1. The summed E-state index contributed by atoms with van der Waals surface area (Å²) in [5.74, 6) is 1.70. The highest BCUT2D eigenvalue weighted by molar-refractivity contribution is 6.01. The highest BCUT2D eigenvalue weighted by atomic mass is 16.5. The zero-order chi connectivity index (χ0) is 39.4. The highest BCUT2D eigenvalue weighted by Gasteiger charge is 2.71. The molecule has 5 aliphatic carbocycles. The molecule has 5 aliphatic rings. The van der Waals surface area contributed by atoms with Crippen LogP contribution in [0.4, 0.5) is 0 Å². The van der Waals surface area contributed by atoms with Crippen molar-refractivity contribution < 1.29 is 24.2 Å². The number of ketones is 1. The lowest BCUT2D eigenvalue weighted by Gasteiger charge is -2.72. The van der Waals surface area contributed by atoms with E-state index in [-0.39, 0.29) is 51.8 Å². The maximum Gasteiger partial charge on any atom is 0.309 e. The summed E-state index contributed by atoms with van der Waals surface area (Å²) in [7, 11) is 2.03. The number of aliphatic carboxylic acids is 1. The summed E-state index contributed by atoms with van der Waals surface area (Å²) in [6, 6.07) is 9.68. The third-order valence-electron chi connectivity index (χ3n) is 16.4. The number of carboxylic acid groups (broad SMARTS) is 1. The molecule has 54 heavy (non-hydrogen) atoms. The number of aromatic nitrogens is 3. The number of nitrogens with zero attached hydrogens (tertiary/aromatic N) is 4. The van der Waals surface area contributed by atoms with Gasteiger partial charge in [0, 0.05) is 24.4 Å². The summed E-state index contributed by atoms with van der Waals surface area (Å²) < 4.78 is 8.29. The smallest absolute Gasteiger partial charge is 0.309 e. The van der Waals surface area contributed by atoms with Crippen LogP contribution in [0, 0.1) is 62.1 Å². The third kappa shape index (κ3) is 5.31. The first-order chi connectivity index (χ1) is 25.2. The SMILES string of the molecule is CC(C)C1=C2[C@H]3CC[C@@H]4[C@@]5(C)CC[C@H](OC(=O)CC(C)(C)C(=O)O)C(C)(C)C5CC[C@@]4(C)[C@]3(C)CC[C@@]2(c2nnc(-c3ccc(C#N)cc3)n2C)CC1=O. The van der Waals surface area contributed by atoms with Crippen molar-refractivity contribution in [3.63, 3.8) is 0 Å². The van der Waals surface area contributed by atoms with Crippen LogP contribution in [0.2, 0.25) is 0 Å². The lowest BCUT2D eigenvalue weighted by atomic mass is 9.33. The Morgan fingerprint density at radius 2 is 1.65 bits per heavy atom. The fraction of sp³-hybridized carbons (Fsp3) is 0.689. The average molecular weight is 737 g/mol. The number of fused-ring (bicyclic) bond motifs is 7. The molecule has 9 nitrogen and oxygen atoms in total. The van der Waals surface area contributed by atoms with Crippen molar-refractivity contribution in [3.05, 3.63) is 46.8 Å². The topological polar surface area (TPSA) is 135 Å². The summed E-state index contributed by atoms with van der Waals surface area (Å²) in [5.41, 5.74) is 2.04. The van der Waals surface area contributed by atoms with E-state index in [9.17, 15) is 24.8 Å². The molecule has 1 aromatic carbocycles. The van der Waals surface area contributed by atoms with E-state index in [0.29, 0.717) is 23.8 Å². The Hall–Kier alpha value is -3.80. The number of carboxylic acids is 1. The second kappa shape index (κ2) is 12.6. The first-order valence-corrected chi connectivity index (χ1v) is 20.3. The van der Waals surface area contributed by atoms with Gasteiger partial charge in [0.25, 0.3) is 0 Å². The van der Waals surface area contributed by atoms with Gasteiger partial charge in [-0.1, -0.05) is 48.5 Å². The predicted molar refractivity (Wildman–Crippen MR) is 206 cm³/mol. The zero-order valence-corrected chi connectivity index (χ0v) is 34.1. The lowest BCUT2D eigenvalue weighted by molar-refractivity contribution is -0.232. The van der Waals surface area contributed by atoms with Gasteiger partial charge < -0.3 is 14.4 Å². The van der Waals surface area contributed by atoms with Crippen molar-refractivity contribution in [3.8, 4) is 17.5 Å². The molecule has 0 aliphatic heterocycles. The van der Waals surface area contributed by atoms with Crippen LogP contribution in [0.3, 0.4) is 0 Å². The van der Waals surface area contributed by atoms with Crippen LogP contribution in [0.1, 0.15) is 138 Å². The fourth-order valence-corrected chi connectivity index (χ4v) is 13.4. The Kier molecular flexibility index (Phi) is 8.99. The Balaban J connectivity index is 1.22. The molecule has 8 atom stereocenters. The van der Waals surface area contributed by atoms with Gasteiger partial charge in [-0.25, -0.2) is 0 Å². The standard InChI is InChI=1S/C45H60N4O5/c1-26(2)35-30(50)23-45(38-48-47-37(49(38)10)28-13-11-27(25-46)12-14-28)22-21-43(8)29(36(35)45)15-16-32-42(7)19-18-33(54-34(51)24-40(3,4)39(52)53)41(5,6)31(42)17-20-44(32,43)9/h11-14,26,29,31-33H,15-24H2,1-10H3,(H,52,53)/t29-,31?,32-,33+,42+,43-,44-,45-/m1/s1. The second-order valence-corrected chi connectivity index (χ2v) is 20.1. The van der Waals surface area contributed by atoms with E-state index in [4.69, 9.17) is 14.9 Å². The molecular formula is C45H60N4O5. The van der Waals surface area contributed by atoms with Crippen LogP contribution < -0.4 is 0 Å². The van der Waals surface area contributed by atoms with Gasteiger partial charge in [0.05, 0.1) is 28.9 Å². The van der Waals surface area contributed by atoms with Crippen LogP contribution >= 0.6 is 0 Å². The maximum absolute atomic E-state index is 14.3. The third-order valence-corrected chi connectivity index (χ3v) is 16.4. The van der Waals surface area contributed by atoms with Crippen molar-refractivity contribution >= 4 is 17.7 Å². The van der Waals surface area contributed by atoms with Gasteiger partial charge in [0.1, 0.15) is 11.9 Å². The molecule has 4 fully saturated rings. The quantitative estimate of drug-likeness (QED) is 0.278. The molecule has 1 aromatic heterocycles. The van der Waals surface area contributed by atoms with Gasteiger partial charge in [-0.15, -0.1) is 10.2 Å². The van der Waals surface area contributed by atoms with Crippen molar-refractivity contribution in [1.82, 2.24) is 14.8 Å². The number of nitriles is 1. The van der Waals surface area contributed by atoms with E-state index >= 15 is 0 Å². The number of ether oxygens (including phenoxy) is 1. The van der Waals surface area contributed by atoms with E-state index in [2.05, 4.69) is 59.1 Å². The molecule has 1 unspecified atom stereocenters. The van der Waals surface area contributed by atoms with Crippen molar-refractivity contribution in [2.75, 3.05) is 0 Å². The predicted octanol–water partition coefficient (Wildman–Crippen LogP) is 9.00. The highest BCUT2D eigenvalue weighted by Crippen LogP contribution is 2.76. The molecule has 0 bridgehead atoms. The first kappa shape index (κ1) is 38.5. The molecule has 0 amide bonds. The molecule has 9 heteroatoms. The summed E-state index contributed by atoms with van der Waals surface area (Å²) in [6.07, 6.45) is 7.92. The van der Waals surface area contributed by atoms with Gasteiger partial charge >= 0.3 is 11.9 Å². The Bertz CT molecular complexity index is 1970. The number of carbonyl (C=O) groups is 3. The molecule has 0 radical (unpaired) electrons. The van der Waals surface area contributed by atoms with Crippen LogP contribution in [0.25, 0.3) is 11.4 Å². The van der Waals surface area contributed by atoms with E-state index in [1.54, 1.807) is 13.8 Å². The summed E-state index contributed by atoms with van der Waals surface area (Å²) >= 11 is 0. The Morgan fingerprint density at radius 3 is 2.28 bits per heavy atom. The average Bonchev–Trinajstić information content (AvgIpc) is 3.63. The molecule has 0 saturated heterocycles. The minimum atomic E-state index is -1.17. The second-order valence-electron chi connectivity index (χ2n) is 20.1. The number of hydrogen-bond donors (Lipinski definition) is 1. The van der Waals surface area contributed by atoms with Gasteiger partial charge in [-0.3, -0.25) is 14.4 Å². The number of esters is 1. The van der Waals surface area contributed by atoms with Gasteiger partial charge in [-0.05, 0) is 141 Å². The molecule has 290 valence electrons. The van der Waals surface area contributed by atoms with Gasteiger partial charge in [0.2, 0.25) is 0 Å². The molecule has 4 saturated carbocycles. The first-order valence-electron chi connectivity index (χ1n) is 20.3. The fourth-order valence-electron chi connectivity index (χ4n) is 13.4. The van der Waals surface area contributed by atoms with Crippen LogP contribution in [-0.4, -0.2) is 43.7 Å². The van der Waals surface area contributed by atoms with E-state index in [1.165, 1.54) is 5.57 Å². The van der Waals surface area contributed by atoms with Crippen molar-refractivity contribution in [2.45, 2.75) is 138 Å². The Labute approximate surface area is 321 Å². The van der Waals surface area contributed by atoms with Crippen molar-refractivity contribution in [2.24, 2.45) is 57.8 Å². The van der Waals surface area contributed by atoms with Gasteiger partial charge in [-0.2, -0.15) is 5.26 Å². The van der Waals surface area contributed by atoms with E-state index < -0.39 is 22.8 Å². The summed E-state index contributed by atoms with van der Waals surface area (Å²) in [4.78, 5) is 39.2. The minimum absolute atomic E-state index is 0.0160. The molecule has 1 N–H and O–H groups in total. The molecule has 2 aromatic rings. The largest absolute Gasteiger partial charge is 0.481 e. The number of carbonyl (C=O) groups excluding carboxylic acids is 2. The number of allylic oxidation sites excluding steroid dienone is 2. The molecule has 1 heterocycles. The van der Waals surface area contributed by atoms with E-state index in [1.807, 2.05) is 31.3 Å². The number of benzene rings is 1. The van der Waals surface area contributed by atoms with Crippen LogP contribution in [-0.2, 0) is 31.6 Å². The summed E-state index contributed by atoms with van der Waals surface area (Å²) in [6.45, 7) is 19.7. The van der Waals surface area contributed by atoms with Crippen molar-refractivity contribution in [1.29, 1.82) is 5.26 Å². The number of rotatable bonds is 7. The molecule has 0 spiro atoms. The normalized spacial score (nSPS) is 35.8. The Morgan fingerprint density at radius 1 is 0.963 bits per heavy atom. The lowest BCUT2D eigenvalue weighted by Crippen LogP contribution is -2.66. The molecular weight excluding hydrogens is 677 g/mol. The van der Waals surface area contributed by atoms with Crippen LogP contribution in [0.5, 0.6) is 0 Å². The van der Waals surface area contributed by atoms with Crippen LogP contribution in [0.15, 0.2) is 35.4 Å². The summed E-state index contributed by atoms with van der Waals surface area (Å²) in [5, 5.41) is 28.6. The minimum Gasteiger partial charge on any atom is -0.481 e. The van der Waals surface area contributed by atoms with E-state index in [0.717, 1.165) is 74.2 Å². The number of hydrogen-bond acceptors (Lipinski definition) is 7.